The minimum absolute atomic E-state index is 0.0160. The SMILES string of the molecule is COC(OC)[C@@H]1OC[C@@H](O)[C@@H]1OS(=O)(=O)c1ccc(C)cc1. The molecule has 22 heavy (non-hydrogen) atoms. The Labute approximate surface area is 129 Å². The maximum Gasteiger partial charge on any atom is 0.297 e. The van der Waals surface area contributed by atoms with Crippen LogP contribution in [0.15, 0.2) is 29.2 Å². The number of aliphatic hydroxyl groups excluding tert-OH is 1. The number of methoxy groups -OCH3 is 2. The molecule has 8 heteroatoms. The molecule has 1 aromatic rings. The van der Waals surface area contributed by atoms with Crippen LogP contribution in [-0.4, -0.2) is 59.0 Å². The van der Waals surface area contributed by atoms with E-state index in [-0.39, 0.29) is 11.5 Å². The second-order valence-electron chi connectivity index (χ2n) is 5.03. The van der Waals surface area contributed by atoms with Crippen LogP contribution in [0, 0.1) is 6.92 Å². The predicted molar refractivity (Wildman–Crippen MR) is 76.8 cm³/mol. The predicted octanol–water partition coefficient (Wildman–Crippen LogP) is 0.448. The van der Waals surface area contributed by atoms with Crippen molar-refractivity contribution in [1.29, 1.82) is 0 Å². The summed E-state index contributed by atoms with van der Waals surface area (Å²) < 4.78 is 45.3. The molecule has 2 rings (SSSR count). The molecule has 1 fully saturated rings. The van der Waals surface area contributed by atoms with Crippen LogP contribution < -0.4 is 0 Å². The van der Waals surface area contributed by atoms with Crippen LogP contribution in [0.4, 0.5) is 0 Å². The molecule has 0 saturated carbocycles. The van der Waals surface area contributed by atoms with Crippen LogP contribution in [-0.2, 0) is 28.5 Å². The van der Waals surface area contributed by atoms with Gasteiger partial charge in [-0.15, -0.1) is 0 Å². The van der Waals surface area contributed by atoms with E-state index in [4.69, 9.17) is 18.4 Å². The molecule has 1 N–H and O–H groups in total. The normalized spacial score (nSPS) is 25.8. The minimum atomic E-state index is -4.03. The molecule has 1 heterocycles. The lowest BCUT2D eigenvalue weighted by molar-refractivity contribution is -0.182. The zero-order valence-corrected chi connectivity index (χ0v) is 13.4. The highest BCUT2D eigenvalue weighted by Crippen LogP contribution is 2.26. The van der Waals surface area contributed by atoms with Crippen LogP contribution in [0.5, 0.6) is 0 Å². The van der Waals surface area contributed by atoms with Crippen LogP contribution in [0.1, 0.15) is 5.56 Å². The zero-order valence-electron chi connectivity index (χ0n) is 12.6. The zero-order chi connectivity index (χ0) is 16.3. The topological polar surface area (TPSA) is 91.3 Å². The average Bonchev–Trinajstić information content (AvgIpc) is 2.82. The van der Waals surface area contributed by atoms with E-state index in [2.05, 4.69) is 0 Å². The van der Waals surface area contributed by atoms with Crippen molar-refractivity contribution in [1.82, 2.24) is 0 Å². The van der Waals surface area contributed by atoms with Gasteiger partial charge in [-0.3, -0.25) is 4.18 Å². The highest BCUT2D eigenvalue weighted by Gasteiger charge is 2.45. The summed E-state index contributed by atoms with van der Waals surface area (Å²) in [6.45, 7) is 1.80. The largest absolute Gasteiger partial charge is 0.388 e. The Morgan fingerprint density at radius 2 is 1.82 bits per heavy atom. The number of benzene rings is 1. The molecule has 3 atom stereocenters. The molecule has 0 aromatic heterocycles. The summed E-state index contributed by atoms with van der Waals surface area (Å²) in [5.74, 6) is 0. The first kappa shape index (κ1) is 17.3. The number of hydrogen-bond acceptors (Lipinski definition) is 7. The molecule has 1 aliphatic rings. The standard InChI is InChI=1S/C14H20O7S/c1-9-4-6-10(7-5-9)22(16,17)21-12-11(15)8-20-13(12)14(18-2)19-3/h4-7,11-15H,8H2,1-3H3/t11-,12+,13-/m1/s1. The molecule has 124 valence electrons. The highest BCUT2D eigenvalue weighted by atomic mass is 32.2. The second-order valence-corrected chi connectivity index (χ2v) is 6.61. The number of rotatable bonds is 6. The van der Waals surface area contributed by atoms with Crippen molar-refractivity contribution < 1.29 is 31.9 Å². The summed E-state index contributed by atoms with van der Waals surface area (Å²) in [7, 11) is -1.23. The number of aryl methyl sites for hydroxylation is 1. The molecule has 7 nitrogen and oxygen atoms in total. The van der Waals surface area contributed by atoms with E-state index < -0.39 is 34.7 Å². The van der Waals surface area contributed by atoms with Gasteiger partial charge in [0.15, 0.2) is 6.29 Å². The maximum atomic E-state index is 12.3. The van der Waals surface area contributed by atoms with Crippen molar-refractivity contribution >= 4 is 10.1 Å². The van der Waals surface area contributed by atoms with Crippen molar-refractivity contribution in [3.05, 3.63) is 29.8 Å². The molecule has 1 aliphatic heterocycles. The van der Waals surface area contributed by atoms with Gasteiger partial charge in [0, 0.05) is 14.2 Å². The Balaban J connectivity index is 2.20. The fourth-order valence-electron chi connectivity index (χ4n) is 2.24. The molecule has 0 spiro atoms. The Morgan fingerprint density at radius 1 is 1.23 bits per heavy atom. The number of hydrogen-bond donors (Lipinski definition) is 1. The first-order chi connectivity index (χ1) is 10.4. The second kappa shape index (κ2) is 7.03. The fraction of sp³-hybridized carbons (Fsp3) is 0.571. The number of aliphatic hydroxyl groups is 1. The molecule has 1 aromatic carbocycles. The maximum absolute atomic E-state index is 12.3. The lowest BCUT2D eigenvalue weighted by Gasteiger charge is -2.25. The third-order valence-corrected chi connectivity index (χ3v) is 4.77. The van der Waals surface area contributed by atoms with Gasteiger partial charge in [0.2, 0.25) is 0 Å². The van der Waals surface area contributed by atoms with Crippen molar-refractivity contribution in [3.63, 3.8) is 0 Å². The monoisotopic (exact) mass is 332 g/mol. The van der Waals surface area contributed by atoms with Crippen LogP contribution in [0.2, 0.25) is 0 Å². The smallest absolute Gasteiger partial charge is 0.297 e. The summed E-state index contributed by atoms with van der Waals surface area (Å²) >= 11 is 0. The molecule has 0 bridgehead atoms. The Hall–Kier alpha value is -1.03. The summed E-state index contributed by atoms with van der Waals surface area (Å²) in [6.07, 6.45) is -3.87. The third-order valence-electron chi connectivity index (χ3n) is 3.44. The first-order valence-electron chi connectivity index (χ1n) is 6.74. The van der Waals surface area contributed by atoms with Gasteiger partial charge in [0.05, 0.1) is 11.5 Å². The van der Waals surface area contributed by atoms with E-state index >= 15 is 0 Å². The summed E-state index contributed by atoms with van der Waals surface area (Å²) in [5, 5.41) is 9.93. The lowest BCUT2D eigenvalue weighted by atomic mass is 10.1. The van der Waals surface area contributed by atoms with Gasteiger partial charge in [-0.05, 0) is 19.1 Å². The Morgan fingerprint density at radius 3 is 2.36 bits per heavy atom. The van der Waals surface area contributed by atoms with Crippen molar-refractivity contribution in [3.8, 4) is 0 Å². The van der Waals surface area contributed by atoms with Gasteiger partial charge in [-0.25, -0.2) is 0 Å². The van der Waals surface area contributed by atoms with Crippen molar-refractivity contribution in [2.24, 2.45) is 0 Å². The first-order valence-corrected chi connectivity index (χ1v) is 8.15. The van der Waals surface area contributed by atoms with E-state index in [1.54, 1.807) is 12.1 Å². The Bertz CT molecular complexity index is 580. The van der Waals surface area contributed by atoms with E-state index in [1.807, 2.05) is 6.92 Å². The van der Waals surface area contributed by atoms with Crippen molar-refractivity contribution in [2.45, 2.75) is 36.4 Å². The van der Waals surface area contributed by atoms with Crippen molar-refractivity contribution in [2.75, 3.05) is 20.8 Å². The van der Waals surface area contributed by atoms with E-state index in [1.165, 1.54) is 26.4 Å². The molecular formula is C14H20O7S. The summed E-state index contributed by atoms with van der Waals surface area (Å²) in [4.78, 5) is 0.0160. The molecule has 0 amide bonds. The van der Waals surface area contributed by atoms with Gasteiger partial charge in [-0.2, -0.15) is 8.42 Å². The van der Waals surface area contributed by atoms with E-state index in [0.717, 1.165) is 5.56 Å². The van der Waals surface area contributed by atoms with Gasteiger partial charge in [-0.1, -0.05) is 17.7 Å². The van der Waals surface area contributed by atoms with Crippen LogP contribution >= 0.6 is 0 Å². The van der Waals surface area contributed by atoms with Gasteiger partial charge in [0.1, 0.15) is 18.3 Å². The molecule has 0 unspecified atom stereocenters. The van der Waals surface area contributed by atoms with Gasteiger partial charge in [0.25, 0.3) is 10.1 Å². The third kappa shape index (κ3) is 3.65. The molecular weight excluding hydrogens is 312 g/mol. The summed E-state index contributed by atoms with van der Waals surface area (Å²) in [5.41, 5.74) is 0.930. The molecule has 0 aliphatic carbocycles. The highest BCUT2D eigenvalue weighted by molar-refractivity contribution is 7.86. The Kier molecular flexibility index (Phi) is 5.54. The lowest BCUT2D eigenvalue weighted by Crippen LogP contribution is -2.43. The summed E-state index contributed by atoms with van der Waals surface area (Å²) in [6, 6.07) is 6.24. The number of ether oxygens (including phenoxy) is 3. The molecule has 1 saturated heterocycles. The van der Waals surface area contributed by atoms with E-state index in [0.29, 0.717) is 0 Å². The minimum Gasteiger partial charge on any atom is -0.388 e. The average molecular weight is 332 g/mol. The van der Waals surface area contributed by atoms with Gasteiger partial charge >= 0.3 is 0 Å². The fourth-order valence-corrected chi connectivity index (χ4v) is 3.35. The molecule has 0 radical (unpaired) electrons. The quantitative estimate of drug-likeness (QED) is 0.597. The van der Waals surface area contributed by atoms with E-state index in [9.17, 15) is 13.5 Å². The van der Waals surface area contributed by atoms with Crippen LogP contribution in [0.3, 0.4) is 0 Å². The van der Waals surface area contributed by atoms with Crippen LogP contribution in [0.25, 0.3) is 0 Å². The van der Waals surface area contributed by atoms with Gasteiger partial charge < -0.3 is 19.3 Å².